The zero-order valence-electron chi connectivity index (χ0n) is 12.4. The number of nitrogens with zero attached hydrogens (tertiary/aromatic N) is 3. The Morgan fingerprint density at radius 2 is 2.20 bits per heavy atom. The lowest BCUT2D eigenvalue weighted by Crippen LogP contribution is -2.10. The molecule has 0 fully saturated rings. The maximum atomic E-state index is 5.53. The molecule has 0 aliphatic heterocycles. The summed E-state index contributed by atoms with van der Waals surface area (Å²) in [6.45, 7) is 8.47. The van der Waals surface area contributed by atoms with Crippen molar-refractivity contribution in [2.75, 3.05) is 18.5 Å². The molecule has 0 saturated heterocycles. The minimum atomic E-state index is 0.645. The predicted molar refractivity (Wildman–Crippen MR) is 80.2 cm³/mol. The van der Waals surface area contributed by atoms with Crippen LogP contribution in [0.4, 0.5) is 5.82 Å². The van der Waals surface area contributed by atoms with E-state index in [1.807, 2.05) is 30.7 Å². The van der Waals surface area contributed by atoms with Crippen molar-refractivity contribution < 1.29 is 4.74 Å². The number of aromatic nitrogens is 3. The van der Waals surface area contributed by atoms with Gasteiger partial charge in [-0.3, -0.25) is 4.68 Å². The lowest BCUT2D eigenvalue weighted by molar-refractivity contribution is 0.340. The number of aryl methyl sites for hydroxylation is 3. The second-order valence-corrected chi connectivity index (χ2v) is 4.71. The molecule has 0 aliphatic carbocycles. The maximum absolute atomic E-state index is 5.53. The molecule has 5 heteroatoms. The van der Waals surface area contributed by atoms with Gasteiger partial charge in [0.15, 0.2) is 11.6 Å². The van der Waals surface area contributed by atoms with E-state index in [2.05, 4.69) is 28.4 Å². The summed E-state index contributed by atoms with van der Waals surface area (Å²) in [4.78, 5) is 4.30. The summed E-state index contributed by atoms with van der Waals surface area (Å²) in [5, 5.41) is 7.77. The minimum Gasteiger partial charge on any atom is -0.490 e. The highest BCUT2D eigenvalue weighted by Gasteiger charge is 2.04. The van der Waals surface area contributed by atoms with Gasteiger partial charge >= 0.3 is 0 Å². The maximum Gasteiger partial charge on any atom is 0.168 e. The lowest BCUT2D eigenvalue weighted by Gasteiger charge is -2.11. The van der Waals surface area contributed by atoms with Gasteiger partial charge in [-0.2, -0.15) is 5.10 Å². The third-order valence-corrected chi connectivity index (χ3v) is 3.01. The van der Waals surface area contributed by atoms with Crippen LogP contribution in [0.2, 0.25) is 0 Å². The summed E-state index contributed by atoms with van der Waals surface area (Å²) in [5.41, 5.74) is 2.27. The third kappa shape index (κ3) is 3.73. The molecule has 0 radical (unpaired) electrons. The quantitative estimate of drug-likeness (QED) is 0.789. The van der Waals surface area contributed by atoms with E-state index in [0.29, 0.717) is 6.61 Å². The third-order valence-electron chi connectivity index (χ3n) is 3.01. The first-order valence-corrected chi connectivity index (χ1v) is 7.03. The van der Waals surface area contributed by atoms with Gasteiger partial charge in [0.05, 0.1) is 12.3 Å². The molecule has 0 spiro atoms. The average Bonchev–Trinajstić information content (AvgIpc) is 2.75. The van der Waals surface area contributed by atoms with Crippen LogP contribution in [0.25, 0.3) is 0 Å². The Morgan fingerprint density at radius 3 is 2.90 bits per heavy atom. The smallest absolute Gasteiger partial charge is 0.168 e. The Hall–Kier alpha value is -2.04. The average molecular weight is 274 g/mol. The van der Waals surface area contributed by atoms with Crippen LogP contribution in [0.15, 0.2) is 24.4 Å². The van der Waals surface area contributed by atoms with E-state index in [4.69, 9.17) is 4.74 Å². The van der Waals surface area contributed by atoms with Crippen molar-refractivity contribution in [3.05, 3.63) is 35.8 Å². The SMILES string of the molecule is CCOc1cccnc1NCCCn1nc(C)cc1C. The van der Waals surface area contributed by atoms with Gasteiger partial charge in [0.2, 0.25) is 0 Å². The van der Waals surface area contributed by atoms with Crippen molar-refractivity contribution in [1.29, 1.82) is 0 Å². The summed E-state index contributed by atoms with van der Waals surface area (Å²) in [6, 6.07) is 5.91. The Labute approximate surface area is 120 Å². The normalized spacial score (nSPS) is 10.6. The molecule has 0 aliphatic rings. The number of hydrogen-bond acceptors (Lipinski definition) is 4. The number of nitrogens with one attached hydrogen (secondary N) is 1. The fourth-order valence-electron chi connectivity index (χ4n) is 2.13. The van der Waals surface area contributed by atoms with Gasteiger partial charge in [-0.25, -0.2) is 4.98 Å². The Kier molecular flexibility index (Phi) is 4.98. The van der Waals surface area contributed by atoms with E-state index in [1.54, 1.807) is 6.20 Å². The Morgan fingerprint density at radius 1 is 1.35 bits per heavy atom. The first-order chi connectivity index (χ1) is 9.70. The second-order valence-electron chi connectivity index (χ2n) is 4.71. The van der Waals surface area contributed by atoms with E-state index in [0.717, 1.165) is 36.8 Å². The van der Waals surface area contributed by atoms with Crippen LogP contribution in [0.3, 0.4) is 0 Å². The van der Waals surface area contributed by atoms with Crippen LogP contribution >= 0.6 is 0 Å². The molecule has 0 aromatic carbocycles. The first-order valence-electron chi connectivity index (χ1n) is 7.03. The predicted octanol–water partition coefficient (Wildman–Crippen LogP) is 2.80. The molecule has 20 heavy (non-hydrogen) atoms. The van der Waals surface area contributed by atoms with Crippen LogP contribution in [0, 0.1) is 13.8 Å². The highest BCUT2D eigenvalue weighted by atomic mass is 16.5. The molecule has 0 bridgehead atoms. The molecular weight excluding hydrogens is 252 g/mol. The largest absolute Gasteiger partial charge is 0.490 e. The molecule has 2 aromatic heterocycles. The van der Waals surface area contributed by atoms with E-state index < -0.39 is 0 Å². The monoisotopic (exact) mass is 274 g/mol. The van der Waals surface area contributed by atoms with Crippen molar-refractivity contribution in [1.82, 2.24) is 14.8 Å². The van der Waals surface area contributed by atoms with Gasteiger partial charge in [0, 0.05) is 25.0 Å². The number of ether oxygens (including phenoxy) is 1. The van der Waals surface area contributed by atoms with E-state index in [1.165, 1.54) is 5.69 Å². The van der Waals surface area contributed by atoms with Gasteiger partial charge < -0.3 is 10.1 Å². The first kappa shape index (κ1) is 14.4. The molecule has 2 heterocycles. The molecule has 5 nitrogen and oxygen atoms in total. The van der Waals surface area contributed by atoms with Crippen LogP contribution in [0.1, 0.15) is 24.7 Å². The fourth-order valence-corrected chi connectivity index (χ4v) is 2.13. The molecule has 108 valence electrons. The molecular formula is C15H22N4O. The molecule has 0 saturated carbocycles. The summed E-state index contributed by atoms with van der Waals surface area (Å²) >= 11 is 0. The van der Waals surface area contributed by atoms with Crippen molar-refractivity contribution in [2.24, 2.45) is 0 Å². The number of anilines is 1. The van der Waals surface area contributed by atoms with Gasteiger partial charge in [-0.1, -0.05) is 0 Å². The molecule has 2 aromatic rings. The highest BCUT2D eigenvalue weighted by Crippen LogP contribution is 2.20. The Balaban J connectivity index is 1.83. The van der Waals surface area contributed by atoms with Crippen molar-refractivity contribution in [3.63, 3.8) is 0 Å². The van der Waals surface area contributed by atoms with Crippen molar-refractivity contribution in [3.8, 4) is 5.75 Å². The van der Waals surface area contributed by atoms with Gasteiger partial charge in [0.1, 0.15) is 0 Å². The molecule has 1 N–H and O–H groups in total. The zero-order valence-corrected chi connectivity index (χ0v) is 12.4. The fraction of sp³-hybridized carbons (Fsp3) is 0.467. The molecule has 0 atom stereocenters. The number of rotatable bonds is 7. The van der Waals surface area contributed by atoms with Crippen LogP contribution in [-0.4, -0.2) is 27.9 Å². The van der Waals surface area contributed by atoms with Crippen molar-refractivity contribution in [2.45, 2.75) is 33.7 Å². The zero-order chi connectivity index (χ0) is 14.4. The summed E-state index contributed by atoms with van der Waals surface area (Å²) in [6.07, 6.45) is 2.76. The lowest BCUT2D eigenvalue weighted by atomic mass is 10.3. The highest BCUT2D eigenvalue weighted by molar-refractivity contribution is 5.49. The van der Waals surface area contributed by atoms with Gasteiger partial charge in [-0.05, 0) is 45.4 Å². The molecule has 2 rings (SSSR count). The molecule has 0 unspecified atom stereocenters. The van der Waals surface area contributed by atoms with E-state index in [9.17, 15) is 0 Å². The van der Waals surface area contributed by atoms with Crippen molar-refractivity contribution >= 4 is 5.82 Å². The standard InChI is InChI=1S/C15H22N4O/c1-4-20-14-7-5-8-16-15(14)17-9-6-10-19-13(3)11-12(2)18-19/h5,7-8,11H,4,6,9-10H2,1-3H3,(H,16,17). The number of hydrogen-bond donors (Lipinski definition) is 1. The van der Waals surface area contributed by atoms with E-state index >= 15 is 0 Å². The topological polar surface area (TPSA) is 52.0 Å². The molecule has 0 amide bonds. The van der Waals surface area contributed by atoms with Gasteiger partial charge in [0.25, 0.3) is 0 Å². The van der Waals surface area contributed by atoms with Crippen LogP contribution in [0.5, 0.6) is 5.75 Å². The van der Waals surface area contributed by atoms with Crippen LogP contribution in [-0.2, 0) is 6.54 Å². The number of pyridine rings is 1. The van der Waals surface area contributed by atoms with Gasteiger partial charge in [-0.15, -0.1) is 0 Å². The van der Waals surface area contributed by atoms with Crippen LogP contribution < -0.4 is 10.1 Å². The minimum absolute atomic E-state index is 0.645. The Bertz CT molecular complexity index is 551. The summed E-state index contributed by atoms with van der Waals surface area (Å²) in [7, 11) is 0. The summed E-state index contributed by atoms with van der Waals surface area (Å²) in [5.74, 6) is 1.61. The summed E-state index contributed by atoms with van der Waals surface area (Å²) < 4.78 is 7.57. The second kappa shape index (κ2) is 6.93. The van der Waals surface area contributed by atoms with E-state index in [-0.39, 0.29) is 0 Å².